The number of aryl methyl sites for hydroxylation is 1. The van der Waals surface area contributed by atoms with Gasteiger partial charge in [-0.1, -0.05) is 24.8 Å². The first kappa shape index (κ1) is 10.5. The monoisotopic (exact) mass is 242 g/mol. The van der Waals surface area contributed by atoms with Gasteiger partial charge in [-0.25, -0.2) is 0 Å². The molecule has 2 aromatic carbocycles. The number of nitrogen functional groups attached to an aromatic ring is 1. The van der Waals surface area contributed by atoms with E-state index in [2.05, 4.69) is 30.4 Å². The lowest BCUT2D eigenvalue weighted by atomic mass is 10.1. The molecule has 0 fully saturated rings. The number of hydrogen-bond acceptors (Lipinski definition) is 3. The minimum absolute atomic E-state index is 0.812. The van der Waals surface area contributed by atoms with Gasteiger partial charge in [0.1, 0.15) is 0 Å². The highest BCUT2D eigenvalue weighted by Crippen LogP contribution is 2.44. The van der Waals surface area contributed by atoms with Crippen molar-refractivity contribution >= 4 is 28.8 Å². The summed E-state index contributed by atoms with van der Waals surface area (Å²) in [4.78, 5) is 2.46. The maximum atomic E-state index is 5.81. The maximum Gasteiger partial charge on any atom is 0.0529 e. The second-order valence-electron chi connectivity index (χ2n) is 4.17. The van der Waals surface area contributed by atoms with E-state index in [1.165, 1.54) is 21.0 Å². The fourth-order valence-electron chi connectivity index (χ4n) is 1.97. The van der Waals surface area contributed by atoms with Gasteiger partial charge in [0, 0.05) is 15.5 Å². The molecule has 0 radical (unpaired) electrons. The molecule has 0 aliphatic carbocycles. The average molecular weight is 242 g/mol. The van der Waals surface area contributed by atoms with Crippen molar-refractivity contribution in [1.82, 2.24) is 0 Å². The predicted octanol–water partition coefficient (Wildman–Crippen LogP) is 4.04. The Morgan fingerprint density at radius 1 is 1.06 bits per heavy atom. The van der Waals surface area contributed by atoms with Crippen molar-refractivity contribution in [2.75, 3.05) is 11.1 Å². The van der Waals surface area contributed by atoms with Crippen LogP contribution < -0.4 is 11.1 Å². The number of anilines is 3. The lowest BCUT2D eigenvalue weighted by molar-refractivity contribution is 1.13. The largest absolute Gasteiger partial charge is 0.399 e. The molecule has 1 aliphatic rings. The van der Waals surface area contributed by atoms with Crippen LogP contribution in [0.25, 0.3) is 0 Å². The fourth-order valence-corrected chi connectivity index (χ4v) is 2.99. The van der Waals surface area contributed by atoms with Gasteiger partial charge in [-0.3, -0.25) is 0 Å². The number of hydrogen-bond donors (Lipinski definition) is 2. The van der Waals surface area contributed by atoms with Crippen LogP contribution >= 0.6 is 11.8 Å². The highest BCUT2D eigenvalue weighted by molar-refractivity contribution is 7.99. The normalized spacial score (nSPS) is 12.5. The van der Waals surface area contributed by atoms with Crippen molar-refractivity contribution in [3.8, 4) is 0 Å². The molecule has 0 aromatic heterocycles. The highest BCUT2D eigenvalue weighted by atomic mass is 32.2. The van der Waals surface area contributed by atoms with E-state index in [0.29, 0.717) is 0 Å². The molecule has 2 nitrogen and oxygen atoms in total. The summed E-state index contributed by atoms with van der Waals surface area (Å²) in [6.45, 7) is 2.17. The van der Waals surface area contributed by atoms with Gasteiger partial charge < -0.3 is 11.1 Å². The Hall–Kier alpha value is -1.61. The Bertz CT molecular complexity index is 578. The van der Waals surface area contributed by atoms with E-state index in [9.17, 15) is 0 Å². The fraction of sp³-hybridized carbons (Fsp3) is 0.143. The van der Waals surface area contributed by atoms with Crippen molar-refractivity contribution in [3.63, 3.8) is 0 Å². The van der Waals surface area contributed by atoms with Crippen LogP contribution in [0.5, 0.6) is 0 Å². The third-order valence-electron chi connectivity index (χ3n) is 2.95. The van der Waals surface area contributed by atoms with Gasteiger partial charge >= 0.3 is 0 Å². The molecule has 0 saturated heterocycles. The van der Waals surface area contributed by atoms with Gasteiger partial charge in [0.25, 0.3) is 0 Å². The van der Waals surface area contributed by atoms with Crippen LogP contribution in [0.4, 0.5) is 17.1 Å². The Balaban J connectivity index is 2.04. The molecule has 0 amide bonds. The first-order valence-electron chi connectivity index (χ1n) is 5.73. The van der Waals surface area contributed by atoms with E-state index in [-0.39, 0.29) is 0 Å². The SMILES string of the molecule is CCc1ccc2c(c1)Nc1ccc(N)cc1S2. The van der Waals surface area contributed by atoms with Gasteiger partial charge in [0.05, 0.1) is 11.4 Å². The van der Waals surface area contributed by atoms with Crippen molar-refractivity contribution in [3.05, 3.63) is 42.0 Å². The summed E-state index contributed by atoms with van der Waals surface area (Å²) < 4.78 is 0. The summed E-state index contributed by atoms with van der Waals surface area (Å²) in [5.41, 5.74) is 10.3. The van der Waals surface area contributed by atoms with Crippen molar-refractivity contribution < 1.29 is 0 Å². The topological polar surface area (TPSA) is 38.0 Å². The molecule has 0 unspecified atom stereocenters. The third kappa shape index (κ3) is 1.87. The average Bonchev–Trinajstić information content (AvgIpc) is 2.35. The summed E-state index contributed by atoms with van der Waals surface area (Å²) in [6, 6.07) is 12.6. The molecule has 3 heteroatoms. The Morgan fingerprint density at radius 2 is 1.94 bits per heavy atom. The molecule has 3 rings (SSSR count). The summed E-state index contributed by atoms with van der Waals surface area (Å²) in [6.07, 6.45) is 1.06. The smallest absolute Gasteiger partial charge is 0.0529 e. The van der Waals surface area contributed by atoms with Gasteiger partial charge in [0.2, 0.25) is 0 Å². The van der Waals surface area contributed by atoms with Gasteiger partial charge in [0.15, 0.2) is 0 Å². The third-order valence-corrected chi connectivity index (χ3v) is 4.08. The lowest BCUT2D eigenvalue weighted by Crippen LogP contribution is -2.01. The minimum atomic E-state index is 0.812. The zero-order valence-corrected chi connectivity index (χ0v) is 10.5. The molecular weight excluding hydrogens is 228 g/mol. The standard InChI is InChI=1S/C14H14N2S/c1-2-9-3-6-13-12(7-9)16-11-5-4-10(15)8-14(11)17-13/h3-8,16H,2,15H2,1H3. The molecule has 0 bridgehead atoms. The molecule has 0 spiro atoms. The van der Waals surface area contributed by atoms with Crippen LogP contribution in [-0.4, -0.2) is 0 Å². The second-order valence-corrected chi connectivity index (χ2v) is 5.25. The first-order chi connectivity index (χ1) is 8.26. The van der Waals surface area contributed by atoms with Crippen molar-refractivity contribution in [1.29, 1.82) is 0 Å². The van der Waals surface area contributed by atoms with Crippen LogP contribution in [0.15, 0.2) is 46.2 Å². The summed E-state index contributed by atoms with van der Waals surface area (Å²) in [5, 5.41) is 3.47. The van der Waals surface area contributed by atoms with Crippen LogP contribution in [0.1, 0.15) is 12.5 Å². The molecule has 86 valence electrons. The minimum Gasteiger partial charge on any atom is -0.399 e. The Labute approximate surface area is 105 Å². The Morgan fingerprint density at radius 3 is 2.76 bits per heavy atom. The van der Waals surface area contributed by atoms with E-state index in [0.717, 1.165) is 17.8 Å². The molecule has 17 heavy (non-hydrogen) atoms. The number of benzene rings is 2. The zero-order valence-electron chi connectivity index (χ0n) is 9.66. The maximum absolute atomic E-state index is 5.81. The van der Waals surface area contributed by atoms with E-state index >= 15 is 0 Å². The van der Waals surface area contributed by atoms with Gasteiger partial charge in [-0.2, -0.15) is 0 Å². The van der Waals surface area contributed by atoms with E-state index < -0.39 is 0 Å². The van der Waals surface area contributed by atoms with Crippen LogP contribution in [0.3, 0.4) is 0 Å². The summed E-state index contributed by atoms with van der Waals surface area (Å²) >= 11 is 1.77. The molecule has 1 aliphatic heterocycles. The lowest BCUT2D eigenvalue weighted by Gasteiger charge is -2.21. The van der Waals surface area contributed by atoms with Crippen LogP contribution in [-0.2, 0) is 6.42 Å². The second kappa shape index (κ2) is 4.00. The van der Waals surface area contributed by atoms with E-state index in [1.807, 2.05) is 18.2 Å². The van der Waals surface area contributed by atoms with Gasteiger partial charge in [-0.05, 0) is 42.3 Å². The van der Waals surface area contributed by atoms with E-state index in [4.69, 9.17) is 5.73 Å². The molecule has 0 saturated carbocycles. The van der Waals surface area contributed by atoms with E-state index in [1.54, 1.807) is 11.8 Å². The quantitative estimate of drug-likeness (QED) is 0.632. The number of fused-ring (bicyclic) bond motifs is 2. The molecular formula is C14H14N2S. The van der Waals surface area contributed by atoms with Crippen molar-refractivity contribution in [2.45, 2.75) is 23.1 Å². The molecule has 2 aromatic rings. The molecule has 0 atom stereocenters. The Kier molecular flexibility index (Phi) is 2.48. The van der Waals surface area contributed by atoms with Gasteiger partial charge in [-0.15, -0.1) is 0 Å². The number of nitrogens with two attached hydrogens (primary N) is 1. The highest BCUT2D eigenvalue weighted by Gasteiger charge is 2.15. The molecule has 1 heterocycles. The molecule has 3 N–H and O–H groups in total. The zero-order chi connectivity index (χ0) is 11.8. The van der Waals surface area contributed by atoms with Crippen LogP contribution in [0.2, 0.25) is 0 Å². The number of nitrogens with one attached hydrogen (secondary N) is 1. The predicted molar refractivity (Wildman–Crippen MR) is 74.1 cm³/mol. The van der Waals surface area contributed by atoms with Crippen LogP contribution in [0, 0.1) is 0 Å². The first-order valence-corrected chi connectivity index (χ1v) is 6.55. The van der Waals surface area contributed by atoms with Crippen molar-refractivity contribution in [2.24, 2.45) is 0 Å². The summed E-state index contributed by atoms with van der Waals surface area (Å²) in [7, 11) is 0. The summed E-state index contributed by atoms with van der Waals surface area (Å²) in [5.74, 6) is 0. The number of rotatable bonds is 1.